The van der Waals surface area contributed by atoms with Gasteiger partial charge in [0.1, 0.15) is 5.15 Å². The fourth-order valence-corrected chi connectivity index (χ4v) is 2.83. The zero-order valence-corrected chi connectivity index (χ0v) is 13.4. The van der Waals surface area contributed by atoms with Crippen molar-refractivity contribution < 1.29 is 4.79 Å². The molecule has 3 rings (SSSR count). The number of rotatable bonds is 3. The molecule has 1 aromatic heterocycles. The number of pyridine rings is 1. The lowest BCUT2D eigenvalue weighted by atomic mass is 9.92. The second-order valence-corrected chi connectivity index (χ2v) is 6.00. The Morgan fingerprint density at radius 2 is 1.87 bits per heavy atom. The summed E-state index contributed by atoms with van der Waals surface area (Å²) in [6, 6.07) is 11.1. The van der Waals surface area contributed by atoms with Crippen molar-refractivity contribution in [2.45, 2.75) is 18.8 Å². The molecule has 2 aromatic rings. The normalized spacial score (nSPS) is 17.5. The monoisotopic (exact) mass is 330 g/mol. The van der Waals surface area contributed by atoms with Gasteiger partial charge in [0.25, 0.3) is 0 Å². The maximum Gasteiger partial charge on any atom is 0.323 e. The molecule has 1 aromatic carbocycles. The van der Waals surface area contributed by atoms with Crippen molar-refractivity contribution in [1.29, 1.82) is 0 Å². The number of carbonyl (C=O) groups is 1. The molecule has 3 N–H and O–H groups in total. The van der Waals surface area contributed by atoms with Crippen LogP contribution < -0.4 is 16.0 Å². The molecule has 0 radical (unpaired) electrons. The van der Waals surface area contributed by atoms with E-state index in [1.54, 1.807) is 12.1 Å². The van der Waals surface area contributed by atoms with E-state index in [2.05, 4.69) is 33.1 Å². The number of urea groups is 1. The summed E-state index contributed by atoms with van der Waals surface area (Å²) < 4.78 is 0. The highest BCUT2D eigenvalue weighted by atomic mass is 35.5. The maximum absolute atomic E-state index is 12.0. The van der Waals surface area contributed by atoms with Crippen molar-refractivity contribution in [3.63, 3.8) is 0 Å². The van der Waals surface area contributed by atoms with E-state index >= 15 is 0 Å². The Balaban J connectivity index is 1.57. The Morgan fingerprint density at radius 1 is 1.13 bits per heavy atom. The van der Waals surface area contributed by atoms with Crippen LogP contribution in [0.5, 0.6) is 0 Å². The number of nitrogens with one attached hydrogen (secondary N) is 3. The molecule has 1 atom stereocenters. The van der Waals surface area contributed by atoms with Crippen LogP contribution in [0.1, 0.15) is 24.3 Å². The summed E-state index contributed by atoms with van der Waals surface area (Å²) in [4.78, 5) is 15.9. The van der Waals surface area contributed by atoms with Crippen molar-refractivity contribution >= 4 is 29.0 Å². The zero-order valence-electron chi connectivity index (χ0n) is 12.7. The van der Waals surface area contributed by atoms with Gasteiger partial charge in [-0.3, -0.25) is 0 Å². The van der Waals surface area contributed by atoms with Gasteiger partial charge in [-0.2, -0.15) is 0 Å². The van der Waals surface area contributed by atoms with Crippen LogP contribution in [0.3, 0.4) is 0 Å². The lowest BCUT2D eigenvalue weighted by molar-refractivity contribution is 0.262. The topological polar surface area (TPSA) is 66.1 Å². The Morgan fingerprint density at radius 3 is 2.52 bits per heavy atom. The summed E-state index contributed by atoms with van der Waals surface area (Å²) in [5.74, 6) is 0.562. The van der Waals surface area contributed by atoms with Crippen molar-refractivity contribution in [2.24, 2.45) is 0 Å². The minimum atomic E-state index is -0.304. The van der Waals surface area contributed by atoms with Crippen molar-refractivity contribution in [1.82, 2.24) is 10.3 Å². The van der Waals surface area contributed by atoms with Crippen molar-refractivity contribution in [3.8, 4) is 0 Å². The smallest absolute Gasteiger partial charge is 0.316 e. The van der Waals surface area contributed by atoms with Gasteiger partial charge < -0.3 is 16.0 Å². The Bertz CT molecular complexity index is 651. The molecule has 23 heavy (non-hydrogen) atoms. The third kappa shape index (κ3) is 4.43. The van der Waals surface area contributed by atoms with E-state index in [-0.39, 0.29) is 6.03 Å². The predicted molar refractivity (Wildman–Crippen MR) is 93.2 cm³/mol. The lowest BCUT2D eigenvalue weighted by Crippen LogP contribution is -2.28. The Hall–Kier alpha value is -2.11. The van der Waals surface area contributed by atoms with Crippen LogP contribution in [0.15, 0.2) is 42.6 Å². The van der Waals surface area contributed by atoms with Gasteiger partial charge in [0.05, 0.1) is 11.9 Å². The first-order chi connectivity index (χ1) is 11.2. The van der Waals surface area contributed by atoms with Crippen LogP contribution in [-0.4, -0.2) is 24.1 Å². The van der Waals surface area contributed by atoms with E-state index in [0.717, 1.165) is 18.8 Å². The second-order valence-electron chi connectivity index (χ2n) is 5.61. The summed E-state index contributed by atoms with van der Waals surface area (Å²) in [6.45, 7) is 2.13. The number of carbonyl (C=O) groups excluding carboxylic acids is 1. The molecule has 120 valence electrons. The third-order valence-corrected chi connectivity index (χ3v) is 4.15. The molecule has 0 bridgehead atoms. The average molecular weight is 331 g/mol. The molecule has 6 heteroatoms. The summed E-state index contributed by atoms with van der Waals surface area (Å²) in [7, 11) is 0. The highest BCUT2D eigenvalue weighted by molar-refractivity contribution is 6.29. The number of benzene rings is 1. The van der Waals surface area contributed by atoms with Crippen LogP contribution in [-0.2, 0) is 0 Å². The summed E-state index contributed by atoms with van der Waals surface area (Å²) in [6.07, 6.45) is 3.94. The van der Waals surface area contributed by atoms with E-state index in [0.29, 0.717) is 16.8 Å². The molecule has 0 unspecified atom stereocenters. The van der Waals surface area contributed by atoms with Gasteiger partial charge in [-0.05, 0) is 55.1 Å². The van der Waals surface area contributed by atoms with Gasteiger partial charge in [0, 0.05) is 12.2 Å². The molecule has 2 heterocycles. The quantitative estimate of drug-likeness (QED) is 0.749. The van der Waals surface area contributed by atoms with Gasteiger partial charge in [0.15, 0.2) is 0 Å². The van der Waals surface area contributed by atoms with E-state index < -0.39 is 0 Å². The van der Waals surface area contributed by atoms with E-state index in [4.69, 9.17) is 11.6 Å². The number of anilines is 2. The van der Waals surface area contributed by atoms with Gasteiger partial charge in [0.2, 0.25) is 0 Å². The first-order valence-electron chi connectivity index (χ1n) is 7.71. The number of aromatic nitrogens is 1. The predicted octanol–water partition coefficient (Wildman–Crippen LogP) is 3.85. The Labute approximate surface area is 140 Å². The van der Waals surface area contributed by atoms with Crippen LogP contribution in [0, 0.1) is 0 Å². The molecule has 0 spiro atoms. The molecule has 1 aliphatic rings. The van der Waals surface area contributed by atoms with Crippen molar-refractivity contribution in [2.75, 3.05) is 23.7 Å². The molecular weight excluding hydrogens is 312 g/mol. The molecule has 1 saturated heterocycles. The Kier molecular flexibility index (Phi) is 5.10. The number of amides is 2. The highest BCUT2D eigenvalue weighted by Gasteiger charge is 2.14. The largest absolute Gasteiger partial charge is 0.323 e. The molecular formula is C17H19ClN4O. The fourth-order valence-electron chi connectivity index (χ4n) is 2.72. The molecule has 1 fully saturated rings. The second kappa shape index (κ2) is 7.44. The third-order valence-electron chi connectivity index (χ3n) is 3.92. The number of nitrogens with zero attached hydrogens (tertiary/aromatic N) is 1. The maximum atomic E-state index is 12.0. The zero-order chi connectivity index (χ0) is 16.1. The van der Waals surface area contributed by atoms with Crippen LogP contribution >= 0.6 is 11.6 Å². The van der Waals surface area contributed by atoms with E-state index in [1.165, 1.54) is 24.6 Å². The summed E-state index contributed by atoms with van der Waals surface area (Å²) in [5.41, 5.74) is 2.67. The van der Waals surface area contributed by atoms with Crippen LogP contribution in [0.25, 0.3) is 0 Å². The minimum absolute atomic E-state index is 0.304. The molecule has 1 aliphatic heterocycles. The number of hydrogen-bond acceptors (Lipinski definition) is 3. The highest BCUT2D eigenvalue weighted by Crippen LogP contribution is 2.24. The molecule has 0 aliphatic carbocycles. The number of hydrogen-bond donors (Lipinski definition) is 3. The van der Waals surface area contributed by atoms with E-state index in [9.17, 15) is 4.79 Å². The standard InChI is InChI=1S/C17H19ClN4O/c18-16-8-7-15(11-20-16)22-17(23)21-14-5-3-12(4-6-14)13-2-1-9-19-10-13/h3-8,11,13,19H,1-2,9-10H2,(H2,21,22,23)/t13-/m1/s1. The van der Waals surface area contributed by atoms with Gasteiger partial charge in [-0.15, -0.1) is 0 Å². The van der Waals surface area contributed by atoms with Crippen LogP contribution in [0.2, 0.25) is 5.15 Å². The first-order valence-corrected chi connectivity index (χ1v) is 8.09. The summed E-state index contributed by atoms with van der Waals surface area (Å²) in [5, 5.41) is 9.33. The fraction of sp³-hybridized carbons (Fsp3) is 0.294. The van der Waals surface area contributed by atoms with E-state index in [1.807, 2.05) is 12.1 Å². The number of halogens is 1. The molecule has 5 nitrogen and oxygen atoms in total. The SMILES string of the molecule is O=C(Nc1ccc([C@@H]2CCCNC2)cc1)Nc1ccc(Cl)nc1. The lowest BCUT2D eigenvalue weighted by Gasteiger charge is -2.23. The minimum Gasteiger partial charge on any atom is -0.316 e. The van der Waals surface area contributed by atoms with Crippen molar-refractivity contribution in [3.05, 3.63) is 53.3 Å². The van der Waals surface area contributed by atoms with Gasteiger partial charge in [-0.1, -0.05) is 23.7 Å². The molecule has 2 amide bonds. The van der Waals surface area contributed by atoms with Gasteiger partial charge in [-0.25, -0.2) is 9.78 Å². The van der Waals surface area contributed by atoms with Crippen LogP contribution in [0.4, 0.5) is 16.2 Å². The average Bonchev–Trinajstić information content (AvgIpc) is 2.58. The van der Waals surface area contributed by atoms with Gasteiger partial charge >= 0.3 is 6.03 Å². The molecule has 0 saturated carbocycles. The number of piperidine rings is 1. The summed E-state index contributed by atoms with van der Waals surface area (Å²) >= 11 is 5.71. The first kappa shape index (κ1) is 15.8.